The van der Waals surface area contributed by atoms with Gasteiger partial charge in [0.25, 0.3) is 0 Å². The van der Waals surface area contributed by atoms with E-state index in [0.29, 0.717) is 43.1 Å². The molecule has 150 valence electrons. The number of alkyl halides is 1. The van der Waals surface area contributed by atoms with Crippen molar-refractivity contribution < 1.29 is 18.0 Å². The lowest BCUT2D eigenvalue weighted by Gasteiger charge is -2.23. The fraction of sp³-hybridized carbons (Fsp3) is 0.429. The monoisotopic (exact) mass is 391 g/mol. The van der Waals surface area contributed by atoms with Gasteiger partial charge in [0, 0.05) is 30.3 Å². The lowest BCUT2D eigenvalue weighted by atomic mass is 10.0. The number of halogens is 3. The van der Waals surface area contributed by atoms with Crippen LogP contribution in [-0.2, 0) is 4.79 Å². The van der Waals surface area contributed by atoms with Gasteiger partial charge in [0.1, 0.15) is 17.8 Å². The summed E-state index contributed by atoms with van der Waals surface area (Å²) in [4.78, 5) is 18.5. The number of carbonyl (C=O) groups excluding carboxylic acids is 1. The third-order valence-electron chi connectivity index (χ3n) is 4.79. The Labute approximate surface area is 162 Å². The zero-order valence-electron chi connectivity index (χ0n) is 16.0. The smallest absolute Gasteiger partial charge is 0.224 e. The van der Waals surface area contributed by atoms with Gasteiger partial charge in [-0.2, -0.15) is 0 Å². The van der Waals surface area contributed by atoms with E-state index >= 15 is 0 Å². The molecule has 3 rings (SSSR count). The lowest BCUT2D eigenvalue weighted by molar-refractivity contribution is -0.116. The number of hydrogen-bond acceptors (Lipinski definition) is 3. The van der Waals surface area contributed by atoms with Crippen molar-refractivity contribution in [1.82, 2.24) is 4.98 Å². The van der Waals surface area contributed by atoms with Crippen LogP contribution in [0, 0.1) is 17.6 Å². The lowest BCUT2D eigenvalue weighted by Crippen LogP contribution is -2.24. The molecule has 1 aromatic heterocycles. The van der Waals surface area contributed by atoms with Gasteiger partial charge in [-0.3, -0.25) is 4.79 Å². The molecule has 1 amide bonds. The van der Waals surface area contributed by atoms with Gasteiger partial charge in [-0.25, -0.2) is 18.2 Å². The number of rotatable bonds is 6. The van der Waals surface area contributed by atoms with Crippen LogP contribution in [0.15, 0.2) is 30.5 Å². The molecule has 1 aliphatic heterocycles. The van der Waals surface area contributed by atoms with Crippen molar-refractivity contribution in [3.63, 3.8) is 0 Å². The van der Waals surface area contributed by atoms with Gasteiger partial charge in [-0.05, 0) is 43.0 Å². The molecule has 28 heavy (non-hydrogen) atoms. The molecule has 1 aliphatic rings. The molecule has 4 nitrogen and oxygen atoms in total. The highest BCUT2D eigenvalue weighted by Crippen LogP contribution is 2.38. The van der Waals surface area contributed by atoms with E-state index in [1.165, 1.54) is 12.3 Å². The first-order chi connectivity index (χ1) is 13.3. The van der Waals surface area contributed by atoms with Crippen LogP contribution in [0.5, 0.6) is 0 Å². The van der Waals surface area contributed by atoms with E-state index < -0.39 is 17.8 Å². The largest absolute Gasteiger partial charge is 0.352 e. The highest BCUT2D eigenvalue weighted by Gasteiger charge is 2.27. The zero-order valence-corrected chi connectivity index (χ0v) is 16.0. The summed E-state index contributed by atoms with van der Waals surface area (Å²) in [5.74, 6) is -0.709. The predicted molar refractivity (Wildman–Crippen MR) is 104 cm³/mol. The second kappa shape index (κ2) is 8.63. The normalized spacial score (nSPS) is 16.6. The summed E-state index contributed by atoms with van der Waals surface area (Å²) in [6.45, 7) is 4.62. The van der Waals surface area contributed by atoms with Crippen LogP contribution in [0.25, 0.3) is 11.1 Å². The maximum absolute atomic E-state index is 14.4. The molecule has 0 bridgehead atoms. The minimum absolute atomic E-state index is 0.0267. The van der Waals surface area contributed by atoms with E-state index in [0.717, 1.165) is 18.2 Å². The zero-order chi connectivity index (χ0) is 20.3. The highest BCUT2D eigenvalue weighted by molar-refractivity contribution is 5.99. The van der Waals surface area contributed by atoms with Crippen molar-refractivity contribution in [3.8, 4) is 11.1 Å². The number of nitrogens with one attached hydrogen (secondary N) is 1. The maximum Gasteiger partial charge on any atom is 0.224 e. The fourth-order valence-corrected chi connectivity index (χ4v) is 3.27. The summed E-state index contributed by atoms with van der Waals surface area (Å²) >= 11 is 0. The predicted octanol–water partition coefficient (Wildman–Crippen LogP) is 4.95. The Kier molecular flexibility index (Phi) is 6.21. The Morgan fingerprint density at radius 2 is 2.07 bits per heavy atom. The number of anilines is 2. The number of pyridine rings is 1. The molecule has 1 aromatic carbocycles. The Bertz CT molecular complexity index is 857. The number of benzene rings is 1. The number of amides is 1. The average Bonchev–Trinajstić information content (AvgIpc) is 3.08. The molecule has 0 saturated carbocycles. The number of carbonyl (C=O) groups is 1. The number of hydrogen-bond donors (Lipinski definition) is 1. The van der Waals surface area contributed by atoms with Crippen LogP contribution in [0.1, 0.15) is 33.1 Å². The van der Waals surface area contributed by atoms with Crippen molar-refractivity contribution in [1.29, 1.82) is 0 Å². The van der Waals surface area contributed by atoms with Crippen LogP contribution in [0.2, 0.25) is 0 Å². The molecule has 1 N–H and O–H groups in total. The van der Waals surface area contributed by atoms with E-state index in [-0.39, 0.29) is 23.7 Å². The highest BCUT2D eigenvalue weighted by atomic mass is 19.1. The van der Waals surface area contributed by atoms with E-state index in [9.17, 15) is 18.0 Å². The molecule has 0 aliphatic carbocycles. The molecular formula is C21H24F3N3O. The molecule has 0 radical (unpaired) electrons. The SMILES string of the molecule is CC(C)CCC(=O)Nc1c(-c2cc(F)ccc2F)ccnc1N1CC[C@H](F)C1. The third kappa shape index (κ3) is 4.64. The molecule has 1 atom stereocenters. The second-order valence-electron chi connectivity index (χ2n) is 7.49. The Morgan fingerprint density at radius 3 is 2.75 bits per heavy atom. The first-order valence-corrected chi connectivity index (χ1v) is 9.48. The topological polar surface area (TPSA) is 45.2 Å². The van der Waals surface area contributed by atoms with Crippen molar-refractivity contribution in [2.75, 3.05) is 23.3 Å². The molecule has 1 fully saturated rings. The average molecular weight is 391 g/mol. The summed E-state index contributed by atoms with van der Waals surface area (Å²) in [5, 5.41) is 2.82. The van der Waals surface area contributed by atoms with Gasteiger partial charge in [0.15, 0.2) is 5.82 Å². The summed E-state index contributed by atoms with van der Waals surface area (Å²) in [6, 6.07) is 4.70. The Morgan fingerprint density at radius 1 is 1.29 bits per heavy atom. The van der Waals surface area contributed by atoms with E-state index in [4.69, 9.17) is 0 Å². The molecule has 2 heterocycles. The standard InChI is InChI=1S/C21H24F3N3O/c1-13(2)3-6-19(28)26-20-16(17-11-14(22)4-5-18(17)24)7-9-25-21(20)27-10-8-15(23)12-27/h4-5,7,9,11,13,15H,3,6,8,10,12H2,1-2H3,(H,26,28)/t15-/m0/s1. The molecule has 2 aromatic rings. The van der Waals surface area contributed by atoms with Crippen LogP contribution in [0.4, 0.5) is 24.7 Å². The molecule has 0 spiro atoms. The van der Waals surface area contributed by atoms with Crippen molar-refractivity contribution in [2.24, 2.45) is 5.92 Å². The second-order valence-corrected chi connectivity index (χ2v) is 7.49. The van der Waals surface area contributed by atoms with Crippen LogP contribution in [-0.4, -0.2) is 30.2 Å². The van der Waals surface area contributed by atoms with Gasteiger partial charge in [-0.1, -0.05) is 13.8 Å². The Hall–Kier alpha value is -2.57. The molecule has 0 unspecified atom stereocenters. The maximum atomic E-state index is 14.4. The minimum Gasteiger partial charge on any atom is -0.352 e. The van der Waals surface area contributed by atoms with Crippen LogP contribution in [0.3, 0.4) is 0 Å². The van der Waals surface area contributed by atoms with Gasteiger partial charge < -0.3 is 10.2 Å². The fourth-order valence-electron chi connectivity index (χ4n) is 3.27. The summed E-state index contributed by atoms with van der Waals surface area (Å²) in [6.07, 6.45) is 1.83. The number of aromatic nitrogens is 1. The van der Waals surface area contributed by atoms with Gasteiger partial charge in [0.05, 0.1) is 12.2 Å². The minimum atomic E-state index is -0.985. The molecule has 7 heteroatoms. The third-order valence-corrected chi connectivity index (χ3v) is 4.79. The van der Waals surface area contributed by atoms with E-state index in [1.54, 1.807) is 4.90 Å². The van der Waals surface area contributed by atoms with E-state index in [1.807, 2.05) is 13.8 Å². The molecular weight excluding hydrogens is 367 g/mol. The summed E-state index contributed by atoms with van der Waals surface area (Å²) < 4.78 is 41.9. The quantitative estimate of drug-likeness (QED) is 0.758. The Balaban J connectivity index is 2.03. The van der Waals surface area contributed by atoms with Gasteiger partial charge >= 0.3 is 0 Å². The van der Waals surface area contributed by atoms with Crippen molar-refractivity contribution >= 4 is 17.4 Å². The summed E-state index contributed by atoms with van der Waals surface area (Å²) in [5.41, 5.74) is 0.635. The first kappa shape index (κ1) is 20.2. The first-order valence-electron chi connectivity index (χ1n) is 9.48. The van der Waals surface area contributed by atoms with Crippen molar-refractivity contribution in [3.05, 3.63) is 42.1 Å². The van der Waals surface area contributed by atoms with Crippen LogP contribution < -0.4 is 10.2 Å². The van der Waals surface area contributed by atoms with E-state index in [2.05, 4.69) is 10.3 Å². The molecule has 1 saturated heterocycles. The van der Waals surface area contributed by atoms with Gasteiger partial charge in [-0.15, -0.1) is 0 Å². The van der Waals surface area contributed by atoms with Gasteiger partial charge in [0.2, 0.25) is 5.91 Å². The van der Waals surface area contributed by atoms with Crippen molar-refractivity contribution in [2.45, 2.75) is 39.3 Å². The van der Waals surface area contributed by atoms with Crippen LogP contribution >= 0.6 is 0 Å². The summed E-state index contributed by atoms with van der Waals surface area (Å²) in [7, 11) is 0. The number of nitrogens with zero attached hydrogens (tertiary/aromatic N) is 2.